The van der Waals surface area contributed by atoms with Gasteiger partial charge in [-0.25, -0.2) is 0 Å². The van der Waals surface area contributed by atoms with Gasteiger partial charge in [-0.15, -0.1) is 0 Å². The molecule has 0 spiro atoms. The molecule has 1 aromatic carbocycles. The standard InChI is InChI=1S/C15H20N4O/c1-10-6-12-8-16-17-14(12)13(7-10)15(20)19-5-4-18(3)9-11(19)2/h6-8,11H,4-5,9H2,1-3H3,(H,16,17)/t11-/m0/s1. The van der Waals surface area contributed by atoms with Crippen molar-refractivity contribution in [2.75, 3.05) is 26.7 Å². The summed E-state index contributed by atoms with van der Waals surface area (Å²) in [6.45, 7) is 6.74. The van der Waals surface area contributed by atoms with Crippen molar-refractivity contribution < 1.29 is 4.79 Å². The molecule has 1 fully saturated rings. The van der Waals surface area contributed by atoms with Crippen LogP contribution in [0.1, 0.15) is 22.8 Å². The van der Waals surface area contributed by atoms with Crippen LogP contribution in [0.15, 0.2) is 18.3 Å². The highest BCUT2D eigenvalue weighted by Crippen LogP contribution is 2.22. The van der Waals surface area contributed by atoms with Crippen LogP contribution in [0.5, 0.6) is 0 Å². The lowest BCUT2D eigenvalue weighted by atomic mass is 10.0. The van der Waals surface area contributed by atoms with E-state index in [0.29, 0.717) is 0 Å². The third-order valence-corrected chi connectivity index (χ3v) is 4.02. The summed E-state index contributed by atoms with van der Waals surface area (Å²) in [5, 5.41) is 8.00. The van der Waals surface area contributed by atoms with E-state index in [1.807, 2.05) is 24.0 Å². The average Bonchev–Trinajstić information content (AvgIpc) is 2.85. The largest absolute Gasteiger partial charge is 0.333 e. The lowest BCUT2D eigenvalue weighted by Crippen LogP contribution is -2.52. The fraction of sp³-hybridized carbons (Fsp3) is 0.467. The highest BCUT2D eigenvalue weighted by atomic mass is 16.2. The third-order valence-electron chi connectivity index (χ3n) is 4.02. The summed E-state index contributed by atoms with van der Waals surface area (Å²) in [4.78, 5) is 17.1. The molecule has 5 nitrogen and oxygen atoms in total. The summed E-state index contributed by atoms with van der Waals surface area (Å²) < 4.78 is 0. The van der Waals surface area contributed by atoms with Gasteiger partial charge in [0.1, 0.15) is 0 Å². The maximum atomic E-state index is 12.8. The van der Waals surface area contributed by atoms with Crippen molar-refractivity contribution in [2.45, 2.75) is 19.9 Å². The van der Waals surface area contributed by atoms with Crippen LogP contribution in [0.2, 0.25) is 0 Å². The summed E-state index contributed by atoms with van der Waals surface area (Å²) in [6, 6.07) is 4.23. The van der Waals surface area contributed by atoms with Crippen LogP contribution in [0.3, 0.4) is 0 Å². The second-order valence-corrected chi connectivity index (χ2v) is 5.76. The predicted molar refractivity (Wildman–Crippen MR) is 78.8 cm³/mol. The molecule has 1 N–H and O–H groups in total. The topological polar surface area (TPSA) is 52.2 Å². The Kier molecular flexibility index (Phi) is 3.22. The Morgan fingerprint density at radius 2 is 2.20 bits per heavy atom. The van der Waals surface area contributed by atoms with Crippen molar-refractivity contribution in [1.82, 2.24) is 20.0 Å². The number of amides is 1. The molecule has 1 atom stereocenters. The third kappa shape index (κ3) is 2.18. The molecule has 1 aliphatic heterocycles. The maximum absolute atomic E-state index is 12.8. The van der Waals surface area contributed by atoms with Gasteiger partial charge in [-0.3, -0.25) is 9.89 Å². The zero-order valence-corrected chi connectivity index (χ0v) is 12.2. The molecular formula is C15H20N4O. The molecule has 106 valence electrons. The molecule has 0 saturated carbocycles. The van der Waals surface area contributed by atoms with Crippen molar-refractivity contribution in [3.05, 3.63) is 29.5 Å². The van der Waals surface area contributed by atoms with Crippen molar-refractivity contribution in [3.8, 4) is 0 Å². The van der Waals surface area contributed by atoms with Gasteiger partial charge < -0.3 is 9.80 Å². The number of rotatable bonds is 1. The zero-order chi connectivity index (χ0) is 14.3. The van der Waals surface area contributed by atoms with E-state index in [-0.39, 0.29) is 11.9 Å². The number of carbonyl (C=O) groups excluding carboxylic acids is 1. The maximum Gasteiger partial charge on any atom is 0.256 e. The number of H-pyrrole nitrogens is 1. The molecular weight excluding hydrogens is 252 g/mol. The van der Waals surface area contributed by atoms with Crippen molar-refractivity contribution in [2.24, 2.45) is 0 Å². The number of aromatic amines is 1. The summed E-state index contributed by atoms with van der Waals surface area (Å²) >= 11 is 0. The fourth-order valence-electron chi connectivity index (χ4n) is 2.97. The number of nitrogens with one attached hydrogen (secondary N) is 1. The second kappa shape index (κ2) is 4.90. The molecule has 0 unspecified atom stereocenters. The second-order valence-electron chi connectivity index (χ2n) is 5.76. The normalized spacial score (nSPS) is 20.6. The highest BCUT2D eigenvalue weighted by Gasteiger charge is 2.27. The van der Waals surface area contributed by atoms with Crippen LogP contribution in [-0.2, 0) is 0 Å². The quantitative estimate of drug-likeness (QED) is 0.858. The fourth-order valence-corrected chi connectivity index (χ4v) is 2.97. The van der Waals surface area contributed by atoms with Gasteiger partial charge in [0.05, 0.1) is 17.3 Å². The minimum Gasteiger partial charge on any atom is -0.333 e. The Bertz CT molecular complexity index is 648. The van der Waals surface area contributed by atoms with E-state index in [2.05, 4.69) is 29.1 Å². The van der Waals surface area contributed by atoms with Crippen LogP contribution in [-0.4, -0.2) is 58.6 Å². The van der Waals surface area contributed by atoms with E-state index < -0.39 is 0 Å². The Balaban J connectivity index is 1.98. The molecule has 0 bridgehead atoms. The lowest BCUT2D eigenvalue weighted by Gasteiger charge is -2.38. The Morgan fingerprint density at radius 1 is 1.40 bits per heavy atom. The number of aromatic nitrogens is 2. The molecule has 2 aromatic rings. The number of piperazine rings is 1. The number of nitrogens with zero attached hydrogens (tertiary/aromatic N) is 3. The highest BCUT2D eigenvalue weighted by molar-refractivity contribution is 6.05. The molecule has 1 amide bonds. The molecule has 2 heterocycles. The van der Waals surface area contributed by atoms with Gasteiger partial charge in [-0.1, -0.05) is 0 Å². The van der Waals surface area contributed by atoms with Gasteiger partial charge in [0.15, 0.2) is 0 Å². The first-order valence-corrected chi connectivity index (χ1v) is 6.99. The van der Waals surface area contributed by atoms with E-state index in [1.54, 1.807) is 6.20 Å². The minimum absolute atomic E-state index is 0.101. The molecule has 1 aliphatic rings. The zero-order valence-electron chi connectivity index (χ0n) is 12.2. The van der Waals surface area contributed by atoms with Crippen molar-refractivity contribution >= 4 is 16.8 Å². The number of likely N-dealkylation sites (N-methyl/N-ethyl adjacent to an activating group) is 1. The Morgan fingerprint density at radius 3 is 2.95 bits per heavy atom. The summed E-state index contributed by atoms with van der Waals surface area (Å²) in [6.07, 6.45) is 1.77. The first kappa shape index (κ1) is 13.1. The summed E-state index contributed by atoms with van der Waals surface area (Å²) in [5.41, 5.74) is 2.66. The van der Waals surface area contributed by atoms with Crippen LogP contribution < -0.4 is 0 Å². The van der Waals surface area contributed by atoms with Crippen LogP contribution in [0.25, 0.3) is 10.9 Å². The molecule has 1 saturated heterocycles. The van der Waals surface area contributed by atoms with E-state index in [0.717, 1.165) is 41.7 Å². The van der Waals surface area contributed by atoms with Crippen LogP contribution >= 0.6 is 0 Å². The van der Waals surface area contributed by atoms with Gasteiger partial charge in [0.25, 0.3) is 5.91 Å². The number of fused-ring (bicyclic) bond motifs is 1. The molecule has 1 aromatic heterocycles. The van der Waals surface area contributed by atoms with Gasteiger partial charge >= 0.3 is 0 Å². The molecule has 5 heteroatoms. The van der Waals surface area contributed by atoms with E-state index in [9.17, 15) is 4.79 Å². The monoisotopic (exact) mass is 272 g/mol. The van der Waals surface area contributed by atoms with Gasteiger partial charge in [-0.05, 0) is 38.6 Å². The van der Waals surface area contributed by atoms with Crippen molar-refractivity contribution in [1.29, 1.82) is 0 Å². The van der Waals surface area contributed by atoms with Gasteiger partial charge in [-0.2, -0.15) is 5.10 Å². The first-order valence-electron chi connectivity index (χ1n) is 6.99. The van der Waals surface area contributed by atoms with Crippen molar-refractivity contribution in [3.63, 3.8) is 0 Å². The SMILES string of the molecule is Cc1cc(C(=O)N2CCN(C)C[C@@H]2C)c2[nH]ncc2c1. The number of hydrogen-bond donors (Lipinski definition) is 1. The van der Waals surface area contributed by atoms with E-state index >= 15 is 0 Å². The summed E-state index contributed by atoms with van der Waals surface area (Å²) in [5.74, 6) is 0.101. The van der Waals surface area contributed by atoms with Gasteiger partial charge in [0.2, 0.25) is 0 Å². The number of hydrogen-bond acceptors (Lipinski definition) is 3. The van der Waals surface area contributed by atoms with Crippen LogP contribution in [0, 0.1) is 6.92 Å². The summed E-state index contributed by atoms with van der Waals surface area (Å²) in [7, 11) is 2.10. The first-order chi connectivity index (χ1) is 9.56. The number of aryl methyl sites for hydroxylation is 1. The number of carbonyl (C=O) groups is 1. The van der Waals surface area contributed by atoms with Gasteiger partial charge in [0, 0.05) is 31.1 Å². The van der Waals surface area contributed by atoms with Crippen LogP contribution in [0.4, 0.5) is 0 Å². The molecule has 3 rings (SSSR count). The Labute approximate surface area is 118 Å². The van der Waals surface area contributed by atoms with E-state index in [1.165, 1.54) is 0 Å². The lowest BCUT2D eigenvalue weighted by molar-refractivity contribution is 0.0535. The smallest absolute Gasteiger partial charge is 0.256 e. The van der Waals surface area contributed by atoms with E-state index in [4.69, 9.17) is 0 Å². The molecule has 0 aliphatic carbocycles. The number of benzene rings is 1. The average molecular weight is 272 g/mol. The molecule has 0 radical (unpaired) electrons. The molecule has 20 heavy (non-hydrogen) atoms. The Hall–Kier alpha value is -1.88. The minimum atomic E-state index is 0.101. The predicted octanol–water partition coefficient (Wildman–Crippen LogP) is 1.65.